The van der Waals surface area contributed by atoms with Crippen molar-refractivity contribution >= 4 is 10.0 Å². The molecule has 0 aromatic heterocycles. The molecule has 4 rings (SSSR count). The van der Waals surface area contributed by atoms with Gasteiger partial charge in [-0.2, -0.15) is 0 Å². The molecule has 1 saturated heterocycles. The zero-order valence-corrected chi connectivity index (χ0v) is 19.2. The zero-order valence-electron chi connectivity index (χ0n) is 18.4. The normalized spacial score (nSPS) is 21.3. The SMILES string of the molecule is CCS(=O)(=O)NCCOc1ccc2c(c1)[C@H](Cc1ccccc1)[C@H](CN1CCC1)CC2. The van der Waals surface area contributed by atoms with Crippen molar-refractivity contribution in [3.05, 3.63) is 65.2 Å². The molecule has 1 fully saturated rings. The Morgan fingerprint density at radius 3 is 2.65 bits per heavy atom. The van der Waals surface area contributed by atoms with E-state index in [1.807, 2.05) is 6.07 Å². The smallest absolute Gasteiger partial charge is 0.211 e. The Labute approximate surface area is 186 Å². The lowest BCUT2D eigenvalue weighted by molar-refractivity contribution is 0.134. The lowest BCUT2D eigenvalue weighted by atomic mass is 9.72. The maximum Gasteiger partial charge on any atom is 0.211 e. The van der Waals surface area contributed by atoms with Crippen LogP contribution in [-0.4, -0.2) is 51.9 Å². The van der Waals surface area contributed by atoms with Gasteiger partial charge in [0.1, 0.15) is 12.4 Å². The molecule has 5 nitrogen and oxygen atoms in total. The molecule has 168 valence electrons. The third kappa shape index (κ3) is 5.88. The molecule has 0 bridgehead atoms. The van der Waals surface area contributed by atoms with Gasteiger partial charge in [0.2, 0.25) is 10.0 Å². The van der Waals surface area contributed by atoms with Gasteiger partial charge in [-0.1, -0.05) is 36.4 Å². The Kier molecular flexibility index (Phi) is 7.31. The predicted octanol–water partition coefficient (Wildman–Crippen LogP) is 3.60. The second kappa shape index (κ2) is 10.2. The van der Waals surface area contributed by atoms with Crippen molar-refractivity contribution < 1.29 is 13.2 Å². The molecule has 1 heterocycles. The van der Waals surface area contributed by atoms with E-state index in [0.717, 1.165) is 18.6 Å². The summed E-state index contributed by atoms with van der Waals surface area (Å²) in [5.41, 5.74) is 4.22. The Balaban J connectivity index is 1.49. The molecule has 0 saturated carbocycles. The average molecular weight is 443 g/mol. The van der Waals surface area contributed by atoms with Gasteiger partial charge in [-0.05, 0) is 86.4 Å². The predicted molar refractivity (Wildman–Crippen MR) is 125 cm³/mol. The van der Waals surface area contributed by atoms with Crippen LogP contribution < -0.4 is 9.46 Å². The fraction of sp³-hybridized carbons (Fsp3) is 0.520. The fourth-order valence-corrected chi connectivity index (χ4v) is 5.36. The first kappa shape index (κ1) is 22.3. The van der Waals surface area contributed by atoms with Gasteiger partial charge in [0, 0.05) is 13.1 Å². The minimum atomic E-state index is -3.18. The minimum Gasteiger partial charge on any atom is -0.492 e. The number of hydrogen-bond donors (Lipinski definition) is 1. The lowest BCUT2D eigenvalue weighted by Gasteiger charge is -2.40. The number of aryl methyl sites for hydroxylation is 1. The summed E-state index contributed by atoms with van der Waals surface area (Å²) in [6.07, 6.45) is 4.73. The third-order valence-electron chi connectivity index (χ3n) is 6.68. The van der Waals surface area contributed by atoms with Crippen LogP contribution in [0.4, 0.5) is 0 Å². The van der Waals surface area contributed by atoms with E-state index in [2.05, 4.69) is 52.1 Å². The summed E-state index contributed by atoms with van der Waals surface area (Å²) in [5, 5.41) is 0. The number of ether oxygens (including phenoxy) is 1. The largest absolute Gasteiger partial charge is 0.492 e. The molecule has 0 amide bonds. The van der Waals surface area contributed by atoms with Crippen LogP contribution in [0.2, 0.25) is 0 Å². The Bertz CT molecular complexity index is 958. The maximum atomic E-state index is 11.6. The van der Waals surface area contributed by atoms with Crippen molar-refractivity contribution in [2.24, 2.45) is 5.92 Å². The maximum absolute atomic E-state index is 11.6. The lowest BCUT2D eigenvalue weighted by Crippen LogP contribution is -2.43. The van der Waals surface area contributed by atoms with Gasteiger partial charge in [0.25, 0.3) is 0 Å². The highest BCUT2D eigenvalue weighted by atomic mass is 32.2. The van der Waals surface area contributed by atoms with Crippen molar-refractivity contribution in [2.75, 3.05) is 38.5 Å². The summed E-state index contributed by atoms with van der Waals surface area (Å²) >= 11 is 0. The molecule has 1 N–H and O–H groups in total. The van der Waals surface area contributed by atoms with Gasteiger partial charge >= 0.3 is 0 Å². The molecule has 2 aromatic carbocycles. The van der Waals surface area contributed by atoms with Gasteiger partial charge < -0.3 is 9.64 Å². The van der Waals surface area contributed by atoms with Crippen molar-refractivity contribution in [3.63, 3.8) is 0 Å². The molecule has 1 aliphatic heterocycles. The first-order valence-electron chi connectivity index (χ1n) is 11.5. The Hall–Kier alpha value is -1.89. The first-order chi connectivity index (χ1) is 15.0. The second-order valence-electron chi connectivity index (χ2n) is 8.76. The molecule has 31 heavy (non-hydrogen) atoms. The highest BCUT2D eigenvalue weighted by Gasteiger charge is 2.32. The van der Waals surface area contributed by atoms with E-state index in [4.69, 9.17) is 4.74 Å². The summed E-state index contributed by atoms with van der Waals surface area (Å²) in [4.78, 5) is 2.59. The van der Waals surface area contributed by atoms with E-state index < -0.39 is 10.0 Å². The van der Waals surface area contributed by atoms with Crippen LogP contribution >= 0.6 is 0 Å². The fourth-order valence-electron chi connectivity index (χ4n) is 4.76. The summed E-state index contributed by atoms with van der Waals surface area (Å²) in [7, 11) is -3.18. The summed E-state index contributed by atoms with van der Waals surface area (Å²) in [5.74, 6) is 2.05. The number of benzene rings is 2. The molecular formula is C25H34N2O3S. The average Bonchev–Trinajstić information content (AvgIpc) is 2.75. The third-order valence-corrected chi connectivity index (χ3v) is 8.09. The number of sulfonamides is 1. The molecule has 0 unspecified atom stereocenters. The van der Waals surface area contributed by atoms with Crippen LogP contribution in [0.3, 0.4) is 0 Å². The van der Waals surface area contributed by atoms with Crippen LogP contribution in [0.15, 0.2) is 48.5 Å². The first-order valence-corrected chi connectivity index (χ1v) is 13.2. The van der Waals surface area contributed by atoms with Gasteiger partial charge in [-0.3, -0.25) is 0 Å². The topological polar surface area (TPSA) is 58.6 Å². The van der Waals surface area contributed by atoms with E-state index in [-0.39, 0.29) is 12.3 Å². The van der Waals surface area contributed by atoms with Crippen molar-refractivity contribution in [3.8, 4) is 5.75 Å². The highest BCUT2D eigenvalue weighted by molar-refractivity contribution is 7.89. The number of nitrogens with one attached hydrogen (secondary N) is 1. The standard InChI is InChI=1S/C25H34N2O3S/c1-2-31(28,29)26-13-16-30-23-12-11-21-9-10-22(19-27-14-6-15-27)24(25(21)18-23)17-20-7-4-3-5-8-20/h3-5,7-8,11-12,18,22,24,26H,2,6,9-10,13-17,19H2,1H3/t22-,24+/m0/s1. The van der Waals surface area contributed by atoms with Crippen LogP contribution in [0, 0.1) is 5.92 Å². The van der Waals surface area contributed by atoms with E-state index in [1.165, 1.54) is 49.2 Å². The summed E-state index contributed by atoms with van der Waals surface area (Å²) < 4.78 is 31.7. The van der Waals surface area contributed by atoms with Gasteiger partial charge in [-0.15, -0.1) is 0 Å². The summed E-state index contributed by atoms with van der Waals surface area (Å²) in [6, 6.07) is 17.2. The molecule has 2 aromatic rings. The van der Waals surface area contributed by atoms with Gasteiger partial charge in [0.05, 0.1) is 5.75 Å². The summed E-state index contributed by atoms with van der Waals surface area (Å²) in [6.45, 7) is 5.91. The Morgan fingerprint density at radius 1 is 1.13 bits per heavy atom. The number of likely N-dealkylation sites (tertiary alicyclic amines) is 1. The van der Waals surface area contributed by atoms with E-state index in [1.54, 1.807) is 6.92 Å². The molecule has 1 aliphatic carbocycles. The molecular weight excluding hydrogens is 408 g/mol. The van der Waals surface area contributed by atoms with Crippen molar-refractivity contribution in [1.29, 1.82) is 0 Å². The minimum absolute atomic E-state index is 0.0887. The van der Waals surface area contributed by atoms with E-state index >= 15 is 0 Å². The number of hydrogen-bond acceptors (Lipinski definition) is 4. The van der Waals surface area contributed by atoms with Crippen LogP contribution in [0.5, 0.6) is 5.75 Å². The quantitative estimate of drug-likeness (QED) is 0.571. The van der Waals surface area contributed by atoms with E-state index in [0.29, 0.717) is 18.4 Å². The van der Waals surface area contributed by atoms with Crippen molar-refractivity contribution in [1.82, 2.24) is 9.62 Å². The number of fused-ring (bicyclic) bond motifs is 1. The van der Waals surface area contributed by atoms with E-state index in [9.17, 15) is 8.42 Å². The second-order valence-corrected chi connectivity index (χ2v) is 10.9. The number of rotatable bonds is 10. The van der Waals surface area contributed by atoms with Gasteiger partial charge in [0.15, 0.2) is 0 Å². The van der Waals surface area contributed by atoms with Crippen LogP contribution in [0.1, 0.15) is 42.4 Å². The molecule has 6 heteroatoms. The zero-order chi connectivity index (χ0) is 21.7. The molecule has 0 spiro atoms. The van der Waals surface area contributed by atoms with Gasteiger partial charge in [-0.25, -0.2) is 13.1 Å². The number of nitrogens with zero attached hydrogens (tertiary/aromatic N) is 1. The Morgan fingerprint density at radius 2 is 1.94 bits per heavy atom. The molecule has 2 aliphatic rings. The van der Waals surface area contributed by atoms with Crippen molar-refractivity contribution in [2.45, 2.75) is 38.5 Å². The van der Waals surface area contributed by atoms with Crippen LogP contribution in [0.25, 0.3) is 0 Å². The molecule has 0 radical (unpaired) electrons. The monoisotopic (exact) mass is 442 g/mol. The van der Waals surface area contributed by atoms with Crippen LogP contribution in [-0.2, 0) is 22.9 Å². The molecule has 2 atom stereocenters. The highest BCUT2D eigenvalue weighted by Crippen LogP contribution is 2.41.